The molecule has 14 heavy (non-hydrogen) atoms. The van der Waals surface area contributed by atoms with Crippen molar-refractivity contribution in [3.63, 3.8) is 0 Å². The van der Waals surface area contributed by atoms with E-state index >= 15 is 0 Å². The molecule has 1 aliphatic carbocycles. The van der Waals surface area contributed by atoms with Crippen LogP contribution in [0, 0.1) is 11.8 Å². The van der Waals surface area contributed by atoms with E-state index in [0.29, 0.717) is 10.0 Å². The summed E-state index contributed by atoms with van der Waals surface area (Å²) in [6.07, 6.45) is 8.52. The second kappa shape index (κ2) is 7.04. The normalized spacial score (nSPS) is 21.4. The fourth-order valence-electron chi connectivity index (χ4n) is 2.02. The molecule has 0 spiro atoms. The van der Waals surface area contributed by atoms with Crippen LogP contribution < -0.4 is 0 Å². The van der Waals surface area contributed by atoms with E-state index < -0.39 is 0 Å². The average Bonchev–Trinajstić information content (AvgIpc) is 2.19. The Morgan fingerprint density at radius 1 is 1.21 bits per heavy atom. The van der Waals surface area contributed by atoms with Crippen LogP contribution in [-0.2, 0) is 4.74 Å². The zero-order chi connectivity index (χ0) is 10.4. The second-order valence-corrected chi connectivity index (χ2v) is 5.99. The van der Waals surface area contributed by atoms with Crippen LogP contribution in [0.4, 0.5) is 0 Å². The first-order chi connectivity index (χ1) is 6.70. The lowest BCUT2D eigenvalue weighted by Crippen LogP contribution is -2.15. The number of halogens is 1. The molecule has 0 saturated heterocycles. The van der Waals surface area contributed by atoms with Gasteiger partial charge in [-0.05, 0) is 18.3 Å². The topological polar surface area (TPSA) is 9.23 Å². The third kappa shape index (κ3) is 4.96. The Morgan fingerprint density at radius 3 is 2.43 bits per heavy atom. The summed E-state index contributed by atoms with van der Waals surface area (Å²) in [5.74, 6) is 1.60. The molecule has 2 heteroatoms. The van der Waals surface area contributed by atoms with E-state index in [9.17, 15) is 0 Å². The summed E-state index contributed by atoms with van der Waals surface area (Å²) in [7, 11) is 0. The van der Waals surface area contributed by atoms with Crippen molar-refractivity contribution in [1.29, 1.82) is 0 Å². The maximum absolute atomic E-state index is 5.79. The number of hydrogen-bond acceptors (Lipinski definition) is 1. The summed E-state index contributed by atoms with van der Waals surface area (Å²) >= 11 is 2.40. The van der Waals surface area contributed by atoms with Crippen LogP contribution in [0.5, 0.6) is 0 Å². The summed E-state index contributed by atoms with van der Waals surface area (Å²) < 4.78 is 6.19. The number of ether oxygens (including phenoxy) is 1. The standard InChI is InChI=1S/C12H23IO/c1-10(2)12(13)14-9-8-11-6-4-3-5-7-11/h10-12H,3-9H2,1-2H3. The Hall–Kier alpha value is 0.690. The van der Waals surface area contributed by atoms with Crippen molar-refractivity contribution < 1.29 is 4.74 Å². The first-order valence-electron chi connectivity index (χ1n) is 5.96. The van der Waals surface area contributed by atoms with Crippen molar-refractivity contribution in [3.8, 4) is 0 Å². The van der Waals surface area contributed by atoms with Gasteiger partial charge < -0.3 is 4.74 Å². The first-order valence-corrected chi connectivity index (χ1v) is 7.20. The molecule has 1 saturated carbocycles. The van der Waals surface area contributed by atoms with Gasteiger partial charge in [0.15, 0.2) is 0 Å². The SMILES string of the molecule is CC(C)C(I)OCCC1CCCCC1. The molecule has 0 aromatic rings. The molecule has 84 valence electrons. The van der Waals surface area contributed by atoms with E-state index in [4.69, 9.17) is 4.74 Å². The van der Waals surface area contributed by atoms with E-state index in [1.165, 1.54) is 38.5 Å². The molecule has 1 nitrogen and oxygen atoms in total. The molecule has 0 aromatic carbocycles. The second-order valence-electron chi connectivity index (χ2n) is 4.76. The average molecular weight is 310 g/mol. The van der Waals surface area contributed by atoms with Crippen LogP contribution in [0.25, 0.3) is 0 Å². The molecule has 1 aliphatic rings. The molecular formula is C12H23IO. The molecule has 0 heterocycles. The Kier molecular flexibility index (Phi) is 6.42. The highest BCUT2D eigenvalue weighted by atomic mass is 127. The minimum atomic E-state index is 0.399. The van der Waals surface area contributed by atoms with Crippen LogP contribution in [0.2, 0.25) is 0 Å². The fraction of sp³-hybridized carbons (Fsp3) is 1.00. The minimum Gasteiger partial charge on any atom is -0.368 e. The molecule has 1 fully saturated rings. The monoisotopic (exact) mass is 310 g/mol. The lowest BCUT2D eigenvalue weighted by molar-refractivity contribution is 0.0801. The maximum Gasteiger partial charge on any atom is 0.111 e. The maximum atomic E-state index is 5.79. The van der Waals surface area contributed by atoms with Crippen molar-refractivity contribution in [2.45, 2.75) is 56.5 Å². The molecule has 0 bridgehead atoms. The highest BCUT2D eigenvalue weighted by molar-refractivity contribution is 14.1. The molecule has 0 aliphatic heterocycles. The number of hydrogen-bond donors (Lipinski definition) is 0. The Morgan fingerprint density at radius 2 is 1.86 bits per heavy atom. The zero-order valence-electron chi connectivity index (χ0n) is 9.47. The van der Waals surface area contributed by atoms with E-state index in [0.717, 1.165) is 12.5 Å². The fourth-order valence-corrected chi connectivity index (χ4v) is 2.27. The van der Waals surface area contributed by atoms with E-state index in [2.05, 4.69) is 36.4 Å². The van der Waals surface area contributed by atoms with Crippen molar-refractivity contribution >= 4 is 22.6 Å². The minimum absolute atomic E-state index is 0.399. The number of alkyl halides is 1. The van der Waals surface area contributed by atoms with Gasteiger partial charge in [0, 0.05) is 6.61 Å². The van der Waals surface area contributed by atoms with Gasteiger partial charge in [-0.15, -0.1) is 0 Å². The van der Waals surface area contributed by atoms with E-state index in [-0.39, 0.29) is 0 Å². The van der Waals surface area contributed by atoms with Crippen LogP contribution in [-0.4, -0.2) is 10.7 Å². The highest BCUT2D eigenvalue weighted by Crippen LogP contribution is 2.26. The van der Waals surface area contributed by atoms with Crippen LogP contribution in [0.3, 0.4) is 0 Å². The van der Waals surface area contributed by atoms with Gasteiger partial charge in [-0.25, -0.2) is 0 Å². The van der Waals surface area contributed by atoms with Crippen LogP contribution >= 0.6 is 22.6 Å². The van der Waals surface area contributed by atoms with Gasteiger partial charge in [0.05, 0.1) is 0 Å². The van der Waals surface area contributed by atoms with E-state index in [1.807, 2.05) is 0 Å². The van der Waals surface area contributed by atoms with Gasteiger partial charge in [0.1, 0.15) is 4.11 Å². The van der Waals surface area contributed by atoms with Gasteiger partial charge in [0.2, 0.25) is 0 Å². The molecule has 0 N–H and O–H groups in total. The van der Waals surface area contributed by atoms with Crippen LogP contribution in [0.15, 0.2) is 0 Å². The summed E-state index contributed by atoms with van der Waals surface area (Å²) in [4.78, 5) is 0. The molecular weight excluding hydrogens is 287 g/mol. The predicted octanol–water partition coefficient (Wildman–Crippen LogP) is 4.39. The zero-order valence-corrected chi connectivity index (χ0v) is 11.6. The molecule has 0 radical (unpaired) electrons. The van der Waals surface area contributed by atoms with Crippen LogP contribution in [0.1, 0.15) is 52.4 Å². The van der Waals surface area contributed by atoms with Gasteiger partial charge in [0.25, 0.3) is 0 Å². The number of rotatable bonds is 5. The quantitative estimate of drug-likeness (QED) is 0.540. The van der Waals surface area contributed by atoms with Gasteiger partial charge >= 0.3 is 0 Å². The molecule has 0 aromatic heterocycles. The van der Waals surface area contributed by atoms with E-state index in [1.54, 1.807) is 0 Å². The summed E-state index contributed by atoms with van der Waals surface area (Å²) in [6, 6.07) is 0. The Balaban J connectivity index is 2.02. The molecule has 1 rings (SSSR count). The predicted molar refractivity (Wildman–Crippen MR) is 69.8 cm³/mol. The third-order valence-electron chi connectivity index (χ3n) is 3.05. The molecule has 1 atom stereocenters. The van der Waals surface area contributed by atoms with Crippen molar-refractivity contribution in [2.75, 3.05) is 6.61 Å². The van der Waals surface area contributed by atoms with Crippen molar-refractivity contribution in [2.24, 2.45) is 11.8 Å². The van der Waals surface area contributed by atoms with Gasteiger partial charge in [-0.3, -0.25) is 0 Å². The molecule has 0 amide bonds. The van der Waals surface area contributed by atoms with Crippen molar-refractivity contribution in [1.82, 2.24) is 0 Å². The Bertz CT molecular complexity index is 141. The Labute approximate surface area is 102 Å². The van der Waals surface area contributed by atoms with Gasteiger partial charge in [-0.2, -0.15) is 0 Å². The third-order valence-corrected chi connectivity index (χ3v) is 4.85. The molecule has 1 unspecified atom stereocenters. The largest absolute Gasteiger partial charge is 0.368 e. The highest BCUT2D eigenvalue weighted by Gasteiger charge is 2.14. The summed E-state index contributed by atoms with van der Waals surface area (Å²) in [5, 5.41) is 0. The smallest absolute Gasteiger partial charge is 0.111 e. The summed E-state index contributed by atoms with van der Waals surface area (Å²) in [5.41, 5.74) is 0. The van der Waals surface area contributed by atoms with Crippen molar-refractivity contribution in [3.05, 3.63) is 0 Å². The summed E-state index contributed by atoms with van der Waals surface area (Å²) in [6.45, 7) is 5.41. The first kappa shape index (κ1) is 12.8. The lowest BCUT2D eigenvalue weighted by atomic mass is 9.87. The lowest BCUT2D eigenvalue weighted by Gasteiger charge is -2.22. The van der Waals surface area contributed by atoms with Gasteiger partial charge in [-0.1, -0.05) is 68.5 Å².